The zero-order chi connectivity index (χ0) is 15.1. The van der Waals surface area contributed by atoms with E-state index in [2.05, 4.69) is 21.1 Å². The van der Waals surface area contributed by atoms with Crippen LogP contribution in [-0.4, -0.2) is 23.2 Å². The Hall–Kier alpha value is -1.72. The van der Waals surface area contributed by atoms with Crippen molar-refractivity contribution in [3.05, 3.63) is 0 Å². The summed E-state index contributed by atoms with van der Waals surface area (Å²) in [6, 6.07) is 0. The van der Waals surface area contributed by atoms with Crippen molar-refractivity contribution >= 4 is 23.2 Å². The normalized spacial score (nSPS) is 38.9. The molecule has 118 valence electrons. The highest BCUT2D eigenvalue weighted by atomic mass is 16.2. The Labute approximate surface area is 129 Å². The van der Waals surface area contributed by atoms with Gasteiger partial charge in [-0.15, -0.1) is 0 Å². The third-order valence-electron chi connectivity index (χ3n) is 5.83. The van der Waals surface area contributed by atoms with Gasteiger partial charge in [0.1, 0.15) is 0 Å². The second kappa shape index (κ2) is 5.48. The number of hydrogen-bond donors (Lipinski definition) is 2. The Kier molecular flexibility index (Phi) is 3.47. The molecule has 4 rings (SSSR count). The number of rotatable bonds is 2. The predicted octanol–water partition coefficient (Wildman–Crippen LogP) is 1.57. The highest BCUT2D eigenvalue weighted by Gasteiger charge is 2.37. The molecule has 2 N–H and O–H groups in total. The summed E-state index contributed by atoms with van der Waals surface area (Å²) in [5.74, 6) is 1.06. The Bertz CT molecular complexity index is 518. The monoisotopic (exact) mass is 302 g/mol. The van der Waals surface area contributed by atoms with Crippen molar-refractivity contribution in [2.75, 3.05) is 0 Å². The lowest BCUT2D eigenvalue weighted by Gasteiger charge is -2.12. The first-order valence-corrected chi connectivity index (χ1v) is 8.42. The van der Waals surface area contributed by atoms with Crippen LogP contribution < -0.4 is 10.9 Å². The lowest BCUT2D eigenvalue weighted by Crippen LogP contribution is -2.36. The van der Waals surface area contributed by atoms with Crippen LogP contribution in [-0.2, 0) is 9.59 Å². The maximum atomic E-state index is 11.8. The molecule has 4 aliphatic carbocycles. The molecule has 0 aromatic carbocycles. The van der Waals surface area contributed by atoms with Gasteiger partial charge in [-0.1, -0.05) is 0 Å². The van der Waals surface area contributed by atoms with Gasteiger partial charge in [0.25, 0.3) is 0 Å². The number of nitrogens with one attached hydrogen (secondary N) is 2. The average Bonchev–Trinajstić information content (AvgIpc) is 3.30. The number of nitrogens with zero attached hydrogens (tertiary/aromatic N) is 2. The quantitative estimate of drug-likeness (QED) is 0.599. The smallest absolute Gasteiger partial charge is 0.262 e. The van der Waals surface area contributed by atoms with Crippen molar-refractivity contribution in [3.63, 3.8) is 0 Å². The molecule has 4 aliphatic rings. The van der Waals surface area contributed by atoms with Gasteiger partial charge < -0.3 is 0 Å². The minimum absolute atomic E-state index is 0.516. The fourth-order valence-corrected chi connectivity index (χ4v) is 4.67. The van der Waals surface area contributed by atoms with Crippen LogP contribution in [0, 0.1) is 23.7 Å². The van der Waals surface area contributed by atoms with E-state index in [0.717, 1.165) is 36.1 Å². The van der Waals surface area contributed by atoms with Crippen molar-refractivity contribution in [1.29, 1.82) is 0 Å². The molecule has 4 bridgehead atoms. The molecule has 0 aromatic rings. The van der Waals surface area contributed by atoms with Crippen LogP contribution in [0.5, 0.6) is 0 Å². The summed E-state index contributed by atoms with van der Waals surface area (Å²) in [5, 5.41) is 8.31. The van der Waals surface area contributed by atoms with E-state index >= 15 is 0 Å². The summed E-state index contributed by atoms with van der Waals surface area (Å²) < 4.78 is 0. The van der Waals surface area contributed by atoms with Crippen LogP contribution in [0.15, 0.2) is 10.2 Å². The standard InChI is InChI=1S/C16H22N4O2/c21-15(19-17-13-7-9-1-3-11(13)5-9)16(22)20-18-14-8-10-2-4-12(14)6-10/h9-12H,1-8H2,(H,19,21)(H,20,22)/b17-13+,18-14+. The summed E-state index contributed by atoms with van der Waals surface area (Å²) in [7, 11) is 0. The Morgan fingerprint density at radius 1 is 0.773 bits per heavy atom. The summed E-state index contributed by atoms with van der Waals surface area (Å²) >= 11 is 0. The number of hydrazone groups is 2. The Morgan fingerprint density at radius 2 is 1.23 bits per heavy atom. The van der Waals surface area contributed by atoms with Gasteiger partial charge in [0.2, 0.25) is 0 Å². The molecule has 0 spiro atoms. The minimum atomic E-state index is -0.720. The molecular formula is C16H22N4O2. The molecule has 4 atom stereocenters. The van der Waals surface area contributed by atoms with Crippen LogP contribution in [0.2, 0.25) is 0 Å². The zero-order valence-corrected chi connectivity index (χ0v) is 12.7. The van der Waals surface area contributed by atoms with Gasteiger partial charge in [0.05, 0.1) is 0 Å². The molecule has 6 heteroatoms. The molecule has 0 saturated heterocycles. The Balaban J connectivity index is 1.28. The van der Waals surface area contributed by atoms with E-state index in [-0.39, 0.29) is 0 Å². The lowest BCUT2D eigenvalue weighted by molar-refractivity contribution is -0.139. The molecule has 0 heterocycles. The van der Waals surface area contributed by atoms with Gasteiger partial charge in [-0.05, 0) is 75.0 Å². The van der Waals surface area contributed by atoms with E-state index in [1.807, 2.05) is 0 Å². The first-order chi connectivity index (χ1) is 10.7. The summed E-state index contributed by atoms with van der Waals surface area (Å²) in [5.41, 5.74) is 6.88. The van der Waals surface area contributed by atoms with Crippen molar-refractivity contribution < 1.29 is 9.59 Å². The predicted molar refractivity (Wildman–Crippen MR) is 82.1 cm³/mol. The van der Waals surface area contributed by atoms with Gasteiger partial charge in [0, 0.05) is 11.4 Å². The maximum absolute atomic E-state index is 11.8. The second-order valence-corrected chi connectivity index (χ2v) is 7.25. The number of carbonyl (C=O) groups is 2. The molecule has 22 heavy (non-hydrogen) atoms. The van der Waals surface area contributed by atoms with Gasteiger partial charge >= 0.3 is 11.8 Å². The number of hydrogen-bond acceptors (Lipinski definition) is 4. The van der Waals surface area contributed by atoms with Gasteiger partial charge in [0.15, 0.2) is 0 Å². The largest absolute Gasteiger partial charge is 0.331 e. The number of amides is 2. The van der Waals surface area contributed by atoms with E-state index in [0.29, 0.717) is 11.8 Å². The highest BCUT2D eigenvalue weighted by Crippen LogP contribution is 2.43. The van der Waals surface area contributed by atoms with Gasteiger partial charge in [-0.3, -0.25) is 9.59 Å². The van der Waals surface area contributed by atoms with Crippen LogP contribution >= 0.6 is 0 Å². The molecule has 2 amide bonds. The fraction of sp³-hybridized carbons (Fsp3) is 0.750. The zero-order valence-electron chi connectivity index (χ0n) is 12.7. The molecule has 0 aromatic heterocycles. The summed E-state index contributed by atoms with van der Waals surface area (Å²) in [6.07, 6.45) is 9.21. The van der Waals surface area contributed by atoms with Crippen molar-refractivity contribution in [1.82, 2.24) is 10.9 Å². The van der Waals surface area contributed by atoms with Crippen LogP contribution in [0.4, 0.5) is 0 Å². The van der Waals surface area contributed by atoms with Gasteiger partial charge in [-0.2, -0.15) is 10.2 Å². The SMILES string of the molecule is O=C(N/N=C1\CC2CCC1C2)C(=O)N/N=C1\CC2CCC1C2. The topological polar surface area (TPSA) is 82.9 Å². The van der Waals surface area contributed by atoms with E-state index in [1.165, 1.54) is 38.5 Å². The van der Waals surface area contributed by atoms with E-state index in [1.54, 1.807) is 0 Å². The fourth-order valence-electron chi connectivity index (χ4n) is 4.67. The van der Waals surface area contributed by atoms with Crippen LogP contribution in [0.25, 0.3) is 0 Å². The molecule has 4 fully saturated rings. The van der Waals surface area contributed by atoms with Crippen LogP contribution in [0.3, 0.4) is 0 Å². The molecule has 0 aliphatic heterocycles. The highest BCUT2D eigenvalue weighted by molar-refractivity contribution is 6.35. The first-order valence-electron chi connectivity index (χ1n) is 8.42. The van der Waals surface area contributed by atoms with Crippen LogP contribution in [0.1, 0.15) is 51.4 Å². The third kappa shape index (κ3) is 2.55. The average molecular weight is 302 g/mol. The van der Waals surface area contributed by atoms with E-state index < -0.39 is 11.8 Å². The van der Waals surface area contributed by atoms with E-state index in [9.17, 15) is 9.59 Å². The molecular weight excluding hydrogens is 280 g/mol. The molecule has 4 unspecified atom stereocenters. The second-order valence-electron chi connectivity index (χ2n) is 7.25. The van der Waals surface area contributed by atoms with Gasteiger partial charge in [-0.25, -0.2) is 10.9 Å². The van der Waals surface area contributed by atoms with Crippen molar-refractivity contribution in [2.45, 2.75) is 51.4 Å². The lowest BCUT2D eigenvalue weighted by atomic mass is 9.99. The maximum Gasteiger partial charge on any atom is 0.331 e. The Morgan fingerprint density at radius 3 is 1.55 bits per heavy atom. The minimum Gasteiger partial charge on any atom is -0.262 e. The summed E-state index contributed by atoms with van der Waals surface area (Å²) in [4.78, 5) is 23.5. The first kappa shape index (κ1) is 13.9. The molecule has 4 saturated carbocycles. The van der Waals surface area contributed by atoms with E-state index in [4.69, 9.17) is 0 Å². The number of carbonyl (C=O) groups excluding carboxylic acids is 2. The van der Waals surface area contributed by atoms with Crippen molar-refractivity contribution in [2.24, 2.45) is 33.9 Å². The molecule has 6 nitrogen and oxygen atoms in total. The number of fused-ring (bicyclic) bond motifs is 4. The van der Waals surface area contributed by atoms with Crippen molar-refractivity contribution in [3.8, 4) is 0 Å². The summed E-state index contributed by atoms with van der Waals surface area (Å²) in [6.45, 7) is 0. The molecule has 0 radical (unpaired) electrons. The third-order valence-corrected chi connectivity index (χ3v) is 5.83.